The van der Waals surface area contributed by atoms with E-state index < -0.39 is 22.0 Å². The molecule has 0 unspecified atom stereocenters. The molecule has 0 radical (unpaired) electrons. The van der Waals surface area contributed by atoms with Crippen LogP contribution in [0.1, 0.15) is 31.8 Å². The van der Waals surface area contributed by atoms with Crippen LogP contribution < -0.4 is 55.6 Å². The Morgan fingerprint density at radius 2 is 1.36 bits per heavy atom. The number of hydrogen-bond acceptors (Lipinski definition) is 5. The topological polar surface area (TPSA) is 97.7 Å². The second-order valence-corrected chi connectivity index (χ2v) is 5.42. The van der Waals surface area contributed by atoms with Gasteiger partial charge in [0.25, 0.3) is 0 Å². The van der Waals surface area contributed by atoms with Gasteiger partial charge in [0.05, 0.1) is 5.56 Å². The molecule has 106 valence electrons. The largest absolute Gasteiger partial charge is 1.00 e. The van der Waals surface area contributed by atoms with Crippen molar-refractivity contribution in [1.82, 2.24) is 0 Å². The Bertz CT molecular complexity index is 888. The predicted molar refractivity (Wildman–Crippen MR) is 71.9 cm³/mol. The SMILES string of the molecule is O=C1c2ccccc2C(=O)c2c(OS(=O)(=O)O)cccc21.[K+]. The molecule has 0 spiro atoms. The number of carbonyl (C=O) groups excluding carboxylic acids is 2. The van der Waals surface area contributed by atoms with E-state index >= 15 is 0 Å². The third-order valence-corrected chi connectivity index (χ3v) is 3.50. The summed E-state index contributed by atoms with van der Waals surface area (Å²) < 4.78 is 34.9. The van der Waals surface area contributed by atoms with Gasteiger partial charge in [-0.3, -0.25) is 14.1 Å². The third-order valence-electron chi connectivity index (χ3n) is 3.11. The van der Waals surface area contributed by atoms with E-state index in [0.717, 1.165) is 0 Å². The molecule has 2 aromatic rings. The molecule has 0 aliphatic heterocycles. The fraction of sp³-hybridized carbons (Fsp3) is 0. The zero-order valence-corrected chi connectivity index (χ0v) is 15.4. The first-order valence-electron chi connectivity index (χ1n) is 5.87. The van der Waals surface area contributed by atoms with Crippen molar-refractivity contribution < 1.29 is 78.1 Å². The van der Waals surface area contributed by atoms with Crippen LogP contribution in [0.4, 0.5) is 0 Å². The Hall–Kier alpha value is -0.874. The van der Waals surface area contributed by atoms with Crippen LogP contribution in [0, 0.1) is 0 Å². The third kappa shape index (κ3) is 3.09. The Labute approximate surface area is 168 Å². The first-order chi connectivity index (χ1) is 9.88. The summed E-state index contributed by atoms with van der Waals surface area (Å²) in [6.07, 6.45) is 0. The molecule has 22 heavy (non-hydrogen) atoms. The van der Waals surface area contributed by atoms with Crippen LogP contribution in [0.3, 0.4) is 0 Å². The molecule has 0 bridgehead atoms. The summed E-state index contributed by atoms with van der Waals surface area (Å²) in [5.41, 5.74) is 0.291. The van der Waals surface area contributed by atoms with Gasteiger partial charge in [0.2, 0.25) is 0 Å². The van der Waals surface area contributed by atoms with Gasteiger partial charge in [-0.2, -0.15) is 8.42 Å². The van der Waals surface area contributed by atoms with Gasteiger partial charge in [-0.25, -0.2) is 0 Å². The van der Waals surface area contributed by atoms with E-state index in [2.05, 4.69) is 4.18 Å². The maximum absolute atomic E-state index is 12.5. The maximum atomic E-state index is 12.5. The molecule has 0 saturated heterocycles. The molecule has 1 aliphatic carbocycles. The molecule has 0 aromatic heterocycles. The minimum atomic E-state index is -4.79. The van der Waals surface area contributed by atoms with Crippen LogP contribution >= 0.6 is 0 Å². The molecule has 0 heterocycles. The van der Waals surface area contributed by atoms with E-state index in [1.807, 2.05) is 0 Å². The van der Waals surface area contributed by atoms with Crippen LogP contribution in [0.25, 0.3) is 0 Å². The molecule has 0 atom stereocenters. The molecule has 0 saturated carbocycles. The number of carbonyl (C=O) groups is 2. The predicted octanol–water partition coefficient (Wildman–Crippen LogP) is -1.35. The molecule has 1 N–H and O–H groups in total. The standard InChI is InChI=1S/C14H8O6S.K/c15-13-8-4-1-2-5-9(8)14(16)12-10(13)6-3-7-11(12)20-21(17,18)19;/h1-7H,(H,17,18,19);/q;+1. The monoisotopic (exact) mass is 343 g/mol. The molecule has 3 rings (SSSR count). The number of hydrogen-bond donors (Lipinski definition) is 1. The van der Waals surface area contributed by atoms with Crippen LogP contribution in [-0.2, 0) is 10.4 Å². The second-order valence-electron chi connectivity index (χ2n) is 4.39. The molecule has 8 heteroatoms. The van der Waals surface area contributed by atoms with Gasteiger partial charge in [-0.1, -0.05) is 36.4 Å². The van der Waals surface area contributed by atoms with Gasteiger partial charge in [0.15, 0.2) is 17.3 Å². The first kappa shape index (κ1) is 17.5. The van der Waals surface area contributed by atoms with Gasteiger partial charge >= 0.3 is 61.8 Å². The van der Waals surface area contributed by atoms with Crippen molar-refractivity contribution in [3.63, 3.8) is 0 Å². The quantitative estimate of drug-likeness (QED) is 0.456. The zero-order chi connectivity index (χ0) is 15.2. The Kier molecular flexibility index (Phi) is 5.02. The smallest absolute Gasteiger partial charge is 0.361 e. The van der Waals surface area contributed by atoms with Crippen LogP contribution in [0.15, 0.2) is 42.5 Å². The minimum Gasteiger partial charge on any atom is -0.361 e. The van der Waals surface area contributed by atoms with Gasteiger partial charge in [0.1, 0.15) is 0 Å². The van der Waals surface area contributed by atoms with Gasteiger partial charge in [-0.05, 0) is 6.07 Å². The summed E-state index contributed by atoms with van der Waals surface area (Å²) in [7, 11) is -4.79. The van der Waals surface area contributed by atoms with Crippen molar-refractivity contribution >= 4 is 22.0 Å². The summed E-state index contributed by atoms with van der Waals surface area (Å²) in [4.78, 5) is 24.8. The summed E-state index contributed by atoms with van der Waals surface area (Å²) in [6, 6.07) is 10.2. The molecular formula is C14H8KO6S+. The Morgan fingerprint density at radius 1 is 0.818 bits per heavy atom. The van der Waals surface area contributed by atoms with Crippen molar-refractivity contribution in [2.75, 3.05) is 0 Å². The number of benzene rings is 2. The molecular weight excluding hydrogens is 335 g/mol. The van der Waals surface area contributed by atoms with E-state index in [4.69, 9.17) is 4.55 Å². The molecule has 0 amide bonds. The Balaban J connectivity index is 0.00000176. The van der Waals surface area contributed by atoms with Crippen LogP contribution in [0.2, 0.25) is 0 Å². The number of fused-ring (bicyclic) bond motifs is 2. The Morgan fingerprint density at radius 3 is 1.95 bits per heavy atom. The van der Waals surface area contributed by atoms with Crippen molar-refractivity contribution in [3.8, 4) is 5.75 Å². The van der Waals surface area contributed by atoms with Gasteiger partial charge < -0.3 is 4.18 Å². The summed E-state index contributed by atoms with van der Waals surface area (Å²) in [5, 5.41) is 0. The van der Waals surface area contributed by atoms with E-state index in [0.29, 0.717) is 0 Å². The summed E-state index contributed by atoms with van der Waals surface area (Å²) >= 11 is 0. The fourth-order valence-electron chi connectivity index (χ4n) is 2.30. The molecule has 0 fully saturated rings. The minimum absolute atomic E-state index is 0. The van der Waals surface area contributed by atoms with E-state index in [-0.39, 0.29) is 79.4 Å². The average molecular weight is 343 g/mol. The number of ketones is 2. The van der Waals surface area contributed by atoms with Gasteiger partial charge in [-0.15, -0.1) is 0 Å². The second kappa shape index (κ2) is 6.32. The zero-order valence-electron chi connectivity index (χ0n) is 11.4. The fourth-order valence-corrected chi connectivity index (χ4v) is 2.66. The van der Waals surface area contributed by atoms with Crippen molar-refractivity contribution in [2.24, 2.45) is 0 Å². The first-order valence-corrected chi connectivity index (χ1v) is 7.23. The summed E-state index contributed by atoms with van der Waals surface area (Å²) in [6.45, 7) is 0. The molecule has 6 nitrogen and oxygen atoms in total. The van der Waals surface area contributed by atoms with Crippen molar-refractivity contribution in [2.45, 2.75) is 0 Å². The van der Waals surface area contributed by atoms with Crippen molar-refractivity contribution in [3.05, 3.63) is 64.7 Å². The van der Waals surface area contributed by atoms with Crippen LogP contribution in [-0.4, -0.2) is 24.5 Å². The van der Waals surface area contributed by atoms with Gasteiger partial charge in [0, 0.05) is 16.7 Å². The average Bonchev–Trinajstić information content (AvgIpc) is 2.43. The van der Waals surface area contributed by atoms with Crippen LogP contribution in [0.5, 0.6) is 5.75 Å². The summed E-state index contributed by atoms with van der Waals surface area (Å²) in [5.74, 6) is -1.30. The van der Waals surface area contributed by atoms with E-state index in [9.17, 15) is 18.0 Å². The van der Waals surface area contributed by atoms with E-state index in [1.165, 1.54) is 30.3 Å². The maximum Gasteiger partial charge on any atom is 1.00 e. The number of rotatable bonds is 2. The normalized spacial score (nSPS) is 13.0. The van der Waals surface area contributed by atoms with Crippen molar-refractivity contribution in [1.29, 1.82) is 0 Å². The molecule has 2 aromatic carbocycles. The van der Waals surface area contributed by atoms with E-state index in [1.54, 1.807) is 12.1 Å². The molecule has 1 aliphatic rings.